The molecule has 1 amide bonds. The van der Waals surface area contributed by atoms with Gasteiger partial charge in [-0.1, -0.05) is 13.0 Å². The van der Waals surface area contributed by atoms with E-state index in [1.807, 2.05) is 6.92 Å². The molecule has 2 fully saturated rings. The summed E-state index contributed by atoms with van der Waals surface area (Å²) in [7, 11) is -3.31. The van der Waals surface area contributed by atoms with Crippen molar-refractivity contribution >= 4 is 27.6 Å². The number of carbonyl (C=O) groups excluding carboxylic acids is 1. The van der Waals surface area contributed by atoms with Crippen LogP contribution in [0, 0.1) is 11.8 Å². The number of benzene rings is 1. The molecule has 1 aromatic rings. The van der Waals surface area contributed by atoms with Gasteiger partial charge in [0.15, 0.2) is 0 Å². The van der Waals surface area contributed by atoms with Crippen LogP contribution < -0.4 is 4.31 Å². The topological polar surface area (TPSA) is 95.0 Å². The monoisotopic (exact) mass is 366 g/mol. The van der Waals surface area contributed by atoms with Crippen LogP contribution in [0.5, 0.6) is 0 Å². The highest BCUT2D eigenvalue weighted by atomic mass is 32.2. The normalized spacial score (nSPS) is 25.8. The van der Waals surface area contributed by atoms with E-state index < -0.39 is 21.9 Å². The van der Waals surface area contributed by atoms with E-state index in [0.29, 0.717) is 37.2 Å². The second-order valence-electron chi connectivity index (χ2n) is 6.88. The van der Waals surface area contributed by atoms with Crippen molar-refractivity contribution in [1.29, 1.82) is 0 Å². The Kier molecular flexibility index (Phi) is 4.73. The fourth-order valence-electron chi connectivity index (χ4n) is 3.60. The van der Waals surface area contributed by atoms with Gasteiger partial charge in [-0.15, -0.1) is 0 Å². The zero-order chi connectivity index (χ0) is 18.2. The van der Waals surface area contributed by atoms with E-state index in [1.54, 1.807) is 29.2 Å². The molecule has 0 spiro atoms. The van der Waals surface area contributed by atoms with E-state index in [1.165, 1.54) is 4.31 Å². The summed E-state index contributed by atoms with van der Waals surface area (Å²) in [6.45, 7) is 3.05. The van der Waals surface area contributed by atoms with E-state index in [2.05, 4.69) is 0 Å². The van der Waals surface area contributed by atoms with Gasteiger partial charge < -0.3 is 10.0 Å². The molecule has 7 nitrogen and oxygen atoms in total. The van der Waals surface area contributed by atoms with Crippen molar-refractivity contribution in [1.82, 2.24) is 4.90 Å². The maximum atomic E-state index is 12.8. The van der Waals surface area contributed by atoms with E-state index in [0.717, 1.165) is 0 Å². The fourth-order valence-corrected chi connectivity index (χ4v) is 5.16. The number of anilines is 1. The summed E-state index contributed by atoms with van der Waals surface area (Å²) in [5.74, 6) is -1.47. The molecule has 2 unspecified atom stereocenters. The van der Waals surface area contributed by atoms with Crippen molar-refractivity contribution in [3.8, 4) is 0 Å². The Hall–Kier alpha value is -2.09. The molecule has 3 rings (SSSR count). The molecule has 2 atom stereocenters. The summed E-state index contributed by atoms with van der Waals surface area (Å²) in [4.78, 5) is 25.7. The molecule has 2 heterocycles. The number of sulfonamides is 1. The Morgan fingerprint density at radius 3 is 2.64 bits per heavy atom. The van der Waals surface area contributed by atoms with Gasteiger partial charge in [0, 0.05) is 25.2 Å². The van der Waals surface area contributed by atoms with Gasteiger partial charge in [0.2, 0.25) is 10.0 Å². The lowest BCUT2D eigenvalue weighted by Crippen LogP contribution is -2.45. The van der Waals surface area contributed by atoms with E-state index in [9.17, 15) is 23.1 Å². The van der Waals surface area contributed by atoms with Gasteiger partial charge in [0.25, 0.3) is 5.91 Å². The number of rotatable bonds is 3. The maximum absolute atomic E-state index is 12.8. The van der Waals surface area contributed by atoms with Crippen LogP contribution in [0.2, 0.25) is 0 Å². The Labute approximate surface area is 147 Å². The molecule has 2 saturated heterocycles. The first-order valence-corrected chi connectivity index (χ1v) is 10.0. The molecule has 0 aliphatic carbocycles. The van der Waals surface area contributed by atoms with Crippen LogP contribution in [0.15, 0.2) is 24.3 Å². The number of likely N-dealkylation sites (tertiary alicyclic amines) is 1. The molecule has 2 aliphatic rings. The Bertz CT molecular complexity index is 792. The van der Waals surface area contributed by atoms with Crippen molar-refractivity contribution < 1.29 is 23.1 Å². The second kappa shape index (κ2) is 6.67. The van der Waals surface area contributed by atoms with Crippen LogP contribution in [0.1, 0.15) is 30.1 Å². The average molecular weight is 366 g/mol. The molecule has 0 aromatic heterocycles. The van der Waals surface area contributed by atoms with Gasteiger partial charge >= 0.3 is 5.97 Å². The first kappa shape index (κ1) is 17.7. The summed E-state index contributed by atoms with van der Waals surface area (Å²) in [5, 5.41) is 9.26. The molecule has 25 heavy (non-hydrogen) atoms. The average Bonchev–Trinajstić information content (AvgIpc) is 2.93. The van der Waals surface area contributed by atoms with E-state index in [-0.39, 0.29) is 24.1 Å². The van der Waals surface area contributed by atoms with E-state index in [4.69, 9.17) is 0 Å². The summed E-state index contributed by atoms with van der Waals surface area (Å²) in [5.41, 5.74) is 0.876. The highest BCUT2D eigenvalue weighted by molar-refractivity contribution is 7.93. The lowest BCUT2D eigenvalue weighted by Gasteiger charge is -2.34. The minimum Gasteiger partial charge on any atom is -0.481 e. The van der Waals surface area contributed by atoms with Gasteiger partial charge in [-0.3, -0.25) is 13.9 Å². The fraction of sp³-hybridized carbons (Fsp3) is 0.529. The predicted molar refractivity (Wildman–Crippen MR) is 93.0 cm³/mol. The highest BCUT2D eigenvalue weighted by Gasteiger charge is 2.33. The van der Waals surface area contributed by atoms with Gasteiger partial charge in [0.05, 0.1) is 17.4 Å². The highest BCUT2D eigenvalue weighted by Crippen LogP contribution is 2.27. The Balaban J connectivity index is 1.83. The smallest absolute Gasteiger partial charge is 0.308 e. The van der Waals surface area contributed by atoms with Crippen molar-refractivity contribution in [2.45, 2.75) is 19.8 Å². The first-order valence-electron chi connectivity index (χ1n) is 8.40. The van der Waals surface area contributed by atoms with Crippen LogP contribution >= 0.6 is 0 Å². The molecular weight excluding hydrogens is 344 g/mol. The molecule has 136 valence electrons. The van der Waals surface area contributed by atoms with Crippen molar-refractivity contribution in [2.75, 3.05) is 29.7 Å². The number of hydrogen-bond donors (Lipinski definition) is 1. The molecule has 1 N–H and O–H groups in total. The van der Waals surface area contributed by atoms with Crippen LogP contribution in [0.4, 0.5) is 5.69 Å². The Morgan fingerprint density at radius 1 is 1.24 bits per heavy atom. The third-order valence-electron chi connectivity index (χ3n) is 4.78. The molecule has 8 heteroatoms. The van der Waals surface area contributed by atoms with Crippen LogP contribution in [-0.4, -0.2) is 55.7 Å². The van der Waals surface area contributed by atoms with Crippen LogP contribution in [-0.2, 0) is 14.8 Å². The zero-order valence-corrected chi connectivity index (χ0v) is 14.9. The molecular formula is C17H22N2O5S. The number of hydrogen-bond acceptors (Lipinski definition) is 4. The molecule has 0 radical (unpaired) electrons. The SMILES string of the molecule is CC1CC(C(=O)O)CN(C(=O)c2cccc(N3CCCS3(=O)=O)c2)C1. The molecule has 0 saturated carbocycles. The number of aliphatic carboxylic acids is 1. The zero-order valence-electron chi connectivity index (χ0n) is 14.1. The third-order valence-corrected chi connectivity index (χ3v) is 6.65. The van der Waals surface area contributed by atoms with Crippen molar-refractivity contribution in [3.05, 3.63) is 29.8 Å². The summed E-state index contributed by atoms with van der Waals surface area (Å²) >= 11 is 0. The Morgan fingerprint density at radius 2 is 2.00 bits per heavy atom. The largest absolute Gasteiger partial charge is 0.481 e. The summed E-state index contributed by atoms with van der Waals surface area (Å²) < 4.78 is 25.5. The number of amides is 1. The number of carboxylic acid groups (broad SMARTS) is 1. The van der Waals surface area contributed by atoms with Gasteiger partial charge in [-0.05, 0) is 37.0 Å². The predicted octanol–water partition coefficient (Wildman–Crippen LogP) is 1.41. The molecule has 0 bridgehead atoms. The summed E-state index contributed by atoms with van der Waals surface area (Å²) in [6.07, 6.45) is 1.13. The van der Waals surface area contributed by atoms with Crippen molar-refractivity contribution in [2.24, 2.45) is 11.8 Å². The van der Waals surface area contributed by atoms with Gasteiger partial charge in [-0.25, -0.2) is 8.42 Å². The van der Waals surface area contributed by atoms with Crippen LogP contribution in [0.3, 0.4) is 0 Å². The second-order valence-corrected chi connectivity index (χ2v) is 8.89. The van der Waals surface area contributed by atoms with Gasteiger partial charge in [0.1, 0.15) is 0 Å². The van der Waals surface area contributed by atoms with E-state index >= 15 is 0 Å². The lowest BCUT2D eigenvalue weighted by molar-refractivity contribution is -0.143. The number of carbonyl (C=O) groups is 2. The van der Waals surface area contributed by atoms with Gasteiger partial charge in [-0.2, -0.15) is 0 Å². The summed E-state index contributed by atoms with van der Waals surface area (Å²) in [6, 6.07) is 6.57. The minimum atomic E-state index is -3.31. The standard InChI is InChI=1S/C17H22N2O5S/c1-12-8-14(17(21)22)11-18(10-12)16(20)13-4-2-5-15(9-13)19-6-3-7-25(19,23)24/h2,4-5,9,12,14H,3,6-8,10-11H2,1H3,(H,21,22). The number of carboxylic acids is 1. The quantitative estimate of drug-likeness (QED) is 0.873. The minimum absolute atomic E-state index is 0.112. The maximum Gasteiger partial charge on any atom is 0.308 e. The third kappa shape index (κ3) is 3.63. The first-order chi connectivity index (χ1) is 11.8. The van der Waals surface area contributed by atoms with Crippen LogP contribution in [0.25, 0.3) is 0 Å². The van der Waals surface area contributed by atoms with Crippen molar-refractivity contribution in [3.63, 3.8) is 0 Å². The molecule has 1 aromatic carbocycles. The molecule has 2 aliphatic heterocycles. The number of piperidine rings is 1. The lowest BCUT2D eigenvalue weighted by atomic mass is 9.90. The number of nitrogens with zero attached hydrogens (tertiary/aromatic N) is 2.